The van der Waals surface area contributed by atoms with Crippen molar-refractivity contribution in [3.8, 4) is 17.2 Å². The Bertz CT molecular complexity index is 997. The third-order valence-electron chi connectivity index (χ3n) is 3.72. The van der Waals surface area contributed by atoms with E-state index in [4.69, 9.17) is 27.4 Å². The first-order valence-corrected chi connectivity index (χ1v) is 8.87. The number of amides is 1. The van der Waals surface area contributed by atoms with E-state index in [1.807, 2.05) is 30.3 Å². The molecule has 0 bridgehead atoms. The topological polar surface area (TPSA) is 78.5 Å². The van der Waals surface area contributed by atoms with Crippen LogP contribution < -0.4 is 20.5 Å². The Hall–Kier alpha value is -2.84. The zero-order valence-corrected chi connectivity index (χ0v) is 15.8. The number of hydrogen-bond donors (Lipinski definition) is 2. The van der Waals surface area contributed by atoms with Crippen LogP contribution in [0.25, 0.3) is 5.69 Å². The fourth-order valence-corrected chi connectivity index (χ4v) is 3.71. The van der Waals surface area contributed by atoms with E-state index in [1.54, 1.807) is 29.9 Å². The van der Waals surface area contributed by atoms with Crippen LogP contribution in [0, 0.1) is 3.95 Å². The van der Waals surface area contributed by atoms with Crippen molar-refractivity contribution in [1.82, 2.24) is 4.57 Å². The lowest BCUT2D eigenvalue weighted by Gasteiger charge is -2.11. The first-order chi connectivity index (χ1) is 12.5. The molecular formula is C18H17N3O3S2. The molecule has 0 atom stereocenters. The highest BCUT2D eigenvalue weighted by atomic mass is 32.1. The number of nitrogen functional groups attached to an aromatic ring is 1. The van der Waals surface area contributed by atoms with E-state index in [0.717, 1.165) is 17.0 Å². The summed E-state index contributed by atoms with van der Waals surface area (Å²) in [5.74, 6) is 1.07. The largest absolute Gasteiger partial charge is 0.497 e. The summed E-state index contributed by atoms with van der Waals surface area (Å²) in [6.07, 6.45) is 0. The lowest BCUT2D eigenvalue weighted by molar-refractivity contribution is 0.103. The number of benzene rings is 2. The maximum atomic E-state index is 12.7. The Morgan fingerprint density at radius 1 is 1.15 bits per heavy atom. The van der Waals surface area contributed by atoms with E-state index in [9.17, 15) is 4.79 Å². The van der Waals surface area contributed by atoms with Crippen molar-refractivity contribution in [2.24, 2.45) is 0 Å². The van der Waals surface area contributed by atoms with Crippen LogP contribution in [-0.4, -0.2) is 24.7 Å². The quantitative estimate of drug-likeness (QED) is 0.644. The molecular weight excluding hydrogens is 370 g/mol. The third kappa shape index (κ3) is 3.42. The molecule has 134 valence electrons. The predicted octanol–water partition coefficient (Wildman–Crippen LogP) is 4.12. The zero-order valence-electron chi connectivity index (χ0n) is 14.2. The normalized spacial score (nSPS) is 10.4. The maximum absolute atomic E-state index is 12.7. The van der Waals surface area contributed by atoms with Crippen molar-refractivity contribution in [3.05, 3.63) is 57.4 Å². The molecule has 3 rings (SSSR count). The first kappa shape index (κ1) is 18.0. The highest BCUT2D eigenvalue weighted by molar-refractivity contribution is 7.73. The van der Waals surface area contributed by atoms with Gasteiger partial charge in [0.05, 0.1) is 19.9 Å². The molecule has 0 saturated carbocycles. The lowest BCUT2D eigenvalue weighted by Crippen LogP contribution is -2.14. The molecule has 3 aromatic rings. The van der Waals surface area contributed by atoms with Gasteiger partial charge in [-0.15, -0.1) is 0 Å². The Balaban J connectivity index is 1.94. The number of nitrogens with two attached hydrogens (primary N) is 1. The molecule has 0 saturated heterocycles. The minimum atomic E-state index is -0.350. The van der Waals surface area contributed by atoms with Gasteiger partial charge in [-0.2, -0.15) is 0 Å². The second-order valence-corrected chi connectivity index (χ2v) is 6.92. The van der Waals surface area contributed by atoms with Crippen LogP contribution in [-0.2, 0) is 0 Å². The van der Waals surface area contributed by atoms with E-state index in [-0.39, 0.29) is 5.91 Å². The molecule has 1 aromatic heterocycles. The summed E-state index contributed by atoms with van der Waals surface area (Å²) in [7, 11) is 3.08. The van der Waals surface area contributed by atoms with Crippen LogP contribution >= 0.6 is 23.6 Å². The Labute approximate surface area is 159 Å². The molecule has 3 N–H and O–H groups in total. The first-order valence-electron chi connectivity index (χ1n) is 7.65. The van der Waals surface area contributed by atoms with Crippen molar-refractivity contribution in [3.63, 3.8) is 0 Å². The van der Waals surface area contributed by atoms with Crippen LogP contribution in [0.1, 0.15) is 9.67 Å². The summed E-state index contributed by atoms with van der Waals surface area (Å²) in [5.41, 5.74) is 7.53. The fraction of sp³-hybridized carbons (Fsp3) is 0.111. The van der Waals surface area contributed by atoms with Crippen LogP contribution in [0.3, 0.4) is 0 Å². The molecule has 8 heteroatoms. The smallest absolute Gasteiger partial charge is 0.269 e. The van der Waals surface area contributed by atoms with E-state index < -0.39 is 0 Å². The number of anilines is 2. The fourth-order valence-electron chi connectivity index (χ4n) is 2.45. The van der Waals surface area contributed by atoms with Crippen LogP contribution in [0.2, 0.25) is 0 Å². The van der Waals surface area contributed by atoms with Gasteiger partial charge in [-0.25, -0.2) is 0 Å². The molecule has 0 unspecified atom stereocenters. The molecule has 0 aliphatic carbocycles. The van der Waals surface area contributed by atoms with Crippen LogP contribution in [0.15, 0.2) is 48.5 Å². The average Bonchev–Trinajstić information content (AvgIpc) is 2.97. The lowest BCUT2D eigenvalue weighted by atomic mass is 10.2. The molecule has 0 fully saturated rings. The number of methoxy groups -OCH3 is 2. The molecule has 0 radical (unpaired) electrons. The van der Waals surface area contributed by atoms with E-state index in [1.165, 1.54) is 7.11 Å². The van der Waals surface area contributed by atoms with Gasteiger partial charge in [-0.05, 0) is 36.5 Å². The Morgan fingerprint density at radius 2 is 1.88 bits per heavy atom. The monoisotopic (exact) mass is 387 g/mol. The maximum Gasteiger partial charge on any atom is 0.269 e. The highest BCUT2D eigenvalue weighted by Crippen LogP contribution is 2.31. The third-order valence-corrected chi connectivity index (χ3v) is 5.11. The summed E-state index contributed by atoms with van der Waals surface area (Å²) in [6.45, 7) is 0. The molecule has 0 aliphatic heterocycles. The Morgan fingerprint density at radius 3 is 2.54 bits per heavy atom. The van der Waals surface area contributed by atoms with Gasteiger partial charge in [0.2, 0.25) is 0 Å². The van der Waals surface area contributed by atoms with Crippen molar-refractivity contribution >= 4 is 41.0 Å². The molecule has 2 aromatic carbocycles. The number of ether oxygens (including phenoxy) is 2. The van der Waals surface area contributed by atoms with E-state index >= 15 is 0 Å². The summed E-state index contributed by atoms with van der Waals surface area (Å²) in [6, 6.07) is 14.6. The van der Waals surface area contributed by atoms with Gasteiger partial charge in [0, 0.05) is 11.8 Å². The Kier molecular flexibility index (Phi) is 5.24. The van der Waals surface area contributed by atoms with Crippen molar-refractivity contribution < 1.29 is 14.3 Å². The highest BCUT2D eigenvalue weighted by Gasteiger charge is 2.19. The summed E-state index contributed by atoms with van der Waals surface area (Å²) in [4.78, 5) is 13.1. The molecule has 26 heavy (non-hydrogen) atoms. The van der Waals surface area contributed by atoms with E-state index in [2.05, 4.69) is 5.32 Å². The number of nitrogens with zero attached hydrogens (tertiary/aromatic N) is 1. The van der Waals surface area contributed by atoms with Crippen molar-refractivity contribution in [1.29, 1.82) is 0 Å². The second kappa shape index (κ2) is 7.59. The molecule has 6 nitrogen and oxygen atoms in total. The standard InChI is InChI=1S/C18H17N3O3S2/c1-23-12-8-9-13(14(10-12)24-2)20-17(22)15-16(19)21(18(25)26-15)11-6-4-3-5-7-11/h3-10H,19H2,1-2H3,(H,20,22). The molecule has 1 amide bonds. The van der Waals surface area contributed by atoms with Gasteiger partial charge in [-0.3, -0.25) is 9.36 Å². The number of carbonyl (C=O) groups is 1. The number of thiazole rings is 1. The van der Waals surface area contributed by atoms with Crippen LogP contribution in [0.4, 0.5) is 11.5 Å². The zero-order chi connectivity index (χ0) is 18.7. The minimum absolute atomic E-state index is 0.302. The predicted molar refractivity (Wildman–Crippen MR) is 106 cm³/mol. The van der Waals surface area contributed by atoms with Crippen molar-refractivity contribution in [2.75, 3.05) is 25.3 Å². The van der Waals surface area contributed by atoms with Gasteiger partial charge in [0.1, 0.15) is 22.2 Å². The van der Waals surface area contributed by atoms with Gasteiger partial charge in [0.25, 0.3) is 5.91 Å². The van der Waals surface area contributed by atoms with Crippen LogP contribution in [0.5, 0.6) is 11.5 Å². The SMILES string of the molecule is COc1ccc(NC(=O)c2sc(=S)n(-c3ccccc3)c2N)c(OC)c1. The van der Waals surface area contributed by atoms with Gasteiger partial charge in [-0.1, -0.05) is 29.5 Å². The van der Waals surface area contributed by atoms with Gasteiger partial charge >= 0.3 is 0 Å². The number of aromatic nitrogens is 1. The summed E-state index contributed by atoms with van der Waals surface area (Å²) in [5, 5.41) is 2.81. The van der Waals surface area contributed by atoms with Gasteiger partial charge in [0.15, 0.2) is 3.95 Å². The molecule has 0 aliphatic rings. The van der Waals surface area contributed by atoms with Crippen molar-refractivity contribution in [2.45, 2.75) is 0 Å². The number of para-hydroxylation sites is 1. The molecule has 0 spiro atoms. The number of nitrogens with one attached hydrogen (secondary N) is 1. The summed E-state index contributed by atoms with van der Waals surface area (Å²) >= 11 is 6.55. The second-order valence-electron chi connectivity index (χ2n) is 5.27. The average molecular weight is 387 g/mol. The number of hydrogen-bond acceptors (Lipinski definition) is 6. The molecule has 1 heterocycles. The number of rotatable bonds is 5. The summed E-state index contributed by atoms with van der Waals surface area (Å²) < 4.78 is 12.6. The minimum Gasteiger partial charge on any atom is -0.497 e. The van der Waals surface area contributed by atoms with Gasteiger partial charge < -0.3 is 20.5 Å². The number of carbonyl (C=O) groups excluding carboxylic acids is 1. The van der Waals surface area contributed by atoms with E-state index in [0.29, 0.717) is 31.8 Å².